The molecule has 0 aliphatic carbocycles. The molecular weight excluding hydrogens is 308 g/mol. The maximum Gasteiger partial charge on any atom is 0.323 e. The normalized spacial score (nSPS) is 21.6. The van der Waals surface area contributed by atoms with Crippen LogP contribution >= 0.6 is 0 Å². The van der Waals surface area contributed by atoms with Gasteiger partial charge in [0.15, 0.2) is 0 Å². The first-order valence-corrected chi connectivity index (χ1v) is 8.05. The molecule has 0 spiro atoms. The summed E-state index contributed by atoms with van der Waals surface area (Å²) in [6, 6.07) is 9.44. The highest BCUT2D eigenvalue weighted by Crippen LogP contribution is 2.27. The molecule has 1 aromatic heterocycles. The first-order chi connectivity index (χ1) is 11.6. The van der Waals surface area contributed by atoms with Crippen molar-refractivity contribution in [2.75, 3.05) is 20.8 Å². The van der Waals surface area contributed by atoms with Gasteiger partial charge in [-0.15, -0.1) is 0 Å². The van der Waals surface area contributed by atoms with Crippen LogP contribution in [0.25, 0.3) is 10.9 Å². The first kappa shape index (κ1) is 16.7. The van der Waals surface area contributed by atoms with Gasteiger partial charge in [0.2, 0.25) is 5.88 Å². The Morgan fingerprint density at radius 1 is 1.38 bits per heavy atom. The molecule has 3 rings (SSSR count). The Hall–Kier alpha value is -2.18. The Kier molecular flexibility index (Phi) is 4.97. The van der Waals surface area contributed by atoms with Gasteiger partial charge in [-0.25, -0.2) is 4.98 Å². The van der Waals surface area contributed by atoms with E-state index in [2.05, 4.69) is 4.98 Å². The van der Waals surface area contributed by atoms with Gasteiger partial charge >= 0.3 is 5.97 Å². The van der Waals surface area contributed by atoms with Gasteiger partial charge in [-0.2, -0.15) is 0 Å². The smallest absolute Gasteiger partial charge is 0.323 e. The molecule has 1 aromatic carbocycles. The third-order valence-corrected chi connectivity index (χ3v) is 4.49. The minimum Gasteiger partial charge on any atom is -0.481 e. The van der Waals surface area contributed by atoms with Gasteiger partial charge < -0.3 is 14.6 Å². The Morgan fingerprint density at radius 2 is 2.17 bits per heavy atom. The van der Waals surface area contributed by atoms with E-state index in [-0.39, 0.29) is 5.97 Å². The highest BCUT2D eigenvalue weighted by atomic mass is 16.5. The number of hydrogen-bond acceptors (Lipinski definition) is 6. The fourth-order valence-electron chi connectivity index (χ4n) is 3.22. The number of ether oxygens (including phenoxy) is 2. The zero-order valence-corrected chi connectivity index (χ0v) is 13.9. The van der Waals surface area contributed by atoms with Crippen molar-refractivity contribution in [3.8, 4) is 5.88 Å². The molecular formula is C18H22N2O4. The lowest BCUT2D eigenvalue weighted by Crippen LogP contribution is -2.48. The van der Waals surface area contributed by atoms with Crippen molar-refractivity contribution in [1.82, 2.24) is 9.88 Å². The van der Waals surface area contributed by atoms with Crippen LogP contribution in [-0.2, 0) is 16.1 Å². The third kappa shape index (κ3) is 3.34. The number of likely N-dealkylation sites (tertiary alicyclic amines) is 1. The van der Waals surface area contributed by atoms with Crippen molar-refractivity contribution >= 4 is 16.9 Å². The lowest BCUT2D eigenvalue weighted by atomic mass is 9.98. The molecule has 0 bridgehead atoms. The van der Waals surface area contributed by atoms with Gasteiger partial charge in [0, 0.05) is 24.0 Å². The number of rotatable bonds is 4. The van der Waals surface area contributed by atoms with E-state index in [0.717, 1.165) is 16.5 Å². The number of aliphatic hydroxyl groups excluding tert-OH is 1. The molecule has 0 amide bonds. The summed E-state index contributed by atoms with van der Waals surface area (Å²) < 4.78 is 10.3. The number of para-hydroxylation sites is 1. The van der Waals surface area contributed by atoms with E-state index in [0.29, 0.717) is 31.8 Å². The number of fused-ring (bicyclic) bond motifs is 1. The fourth-order valence-corrected chi connectivity index (χ4v) is 3.22. The predicted molar refractivity (Wildman–Crippen MR) is 89.7 cm³/mol. The second-order valence-electron chi connectivity index (χ2n) is 6.04. The maximum absolute atomic E-state index is 12.1. The molecule has 1 aliphatic rings. The molecule has 6 nitrogen and oxygen atoms in total. The zero-order chi connectivity index (χ0) is 17.1. The topological polar surface area (TPSA) is 71.9 Å². The summed E-state index contributed by atoms with van der Waals surface area (Å²) in [5.41, 5.74) is 1.79. The van der Waals surface area contributed by atoms with Crippen LogP contribution < -0.4 is 4.74 Å². The SMILES string of the molecule is COC(=O)[C@H]1C[C@@H](O)CCN1Cc1cc2ccccc2nc1OC. The molecule has 24 heavy (non-hydrogen) atoms. The van der Waals surface area contributed by atoms with E-state index in [1.54, 1.807) is 7.11 Å². The second kappa shape index (κ2) is 7.15. The molecule has 2 atom stereocenters. The van der Waals surface area contributed by atoms with E-state index in [9.17, 15) is 9.90 Å². The van der Waals surface area contributed by atoms with Crippen molar-refractivity contribution in [2.24, 2.45) is 0 Å². The van der Waals surface area contributed by atoms with Crippen LogP contribution in [0.15, 0.2) is 30.3 Å². The standard InChI is InChI=1S/C18H22N2O4/c1-23-17-13(9-12-5-3-4-6-15(12)19-17)11-20-8-7-14(21)10-16(20)18(22)24-2/h3-6,9,14,16,21H,7-8,10-11H2,1-2H3/t14-,16+/m0/s1. The monoisotopic (exact) mass is 330 g/mol. The molecule has 2 heterocycles. The largest absolute Gasteiger partial charge is 0.481 e. The zero-order valence-electron chi connectivity index (χ0n) is 13.9. The average Bonchev–Trinajstić information content (AvgIpc) is 2.61. The van der Waals surface area contributed by atoms with E-state index in [1.807, 2.05) is 35.2 Å². The number of benzene rings is 1. The van der Waals surface area contributed by atoms with Crippen LogP contribution in [-0.4, -0.2) is 53.9 Å². The number of aliphatic hydroxyl groups is 1. The van der Waals surface area contributed by atoms with Crippen molar-refractivity contribution in [3.05, 3.63) is 35.9 Å². The van der Waals surface area contributed by atoms with Crippen molar-refractivity contribution in [3.63, 3.8) is 0 Å². The molecule has 1 fully saturated rings. The average molecular weight is 330 g/mol. The summed E-state index contributed by atoms with van der Waals surface area (Å²) in [5.74, 6) is 0.241. The Morgan fingerprint density at radius 3 is 2.92 bits per heavy atom. The van der Waals surface area contributed by atoms with E-state index >= 15 is 0 Å². The van der Waals surface area contributed by atoms with Gasteiger partial charge in [0.05, 0.1) is 25.8 Å². The number of carbonyl (C=O) groups excluding carboxylic acids is 1. The van der Waals surface area contributed by atoms with Gasteiger partial charge in [0.1, 0.15) is 6.04 Å². The van der Waals surface area contributed by atoms with Crippen LogP contribution in [0, 0.1) is 0 Å². The molecule has 1 N–H and O–H groups in total. The molecule has 2 aromatic rings. The number of piperidine rings is 1. The van der Waals surface area contributed by atoms with Crippen molar-refractivity contribution in [2.45, 2.75) is 31.5 Å². The van der Waals surface area contributed by atoms with Crippen molar-refractivity contribution in [1.29, 1.82) is 0 Å². The molecule has 128 valence electrons. The highest BCUT2D eigenvalue weighted by Gasteiger charge is 2.34. The number of carbonyl (C=O) groups is 1. The maximum atomic E-state index is 12.1. The summed E-state index contributed by atoms with van der Waals surface area (Å²) >= 11 is 0. The van der Waals surface area contributed by atoms with E-state index < -0.39 is 12.1 Å². The molecule has 6 heteroatoms. The van der Waals surface area contributed by atoms with Crippen LogP contribution in [0.1, 0.15) is 18.4 Å². The Bertz CT molecular complexity index is 734. The lowest BCUT2D eigenvalue weighted by molar-refractivity contribution is -0.150. The van der Waals surface area contributed by atoms with Crippen LogP contribution in [0.2, 0.25) is 0 Å². The fraction of sp³-hybridized carbons (Fsp3) is 0.444. The number of methoxy groups -OCH3 is 2. The lowest BCUT2D eigenvalue weighted by Gasteiger charge is -2.36. The quantitative estimate of drug-likeness (QED) is 0.861. The van der Waals surface area contributed by atoms with Crippen LogP contribution in [0.5, 0.6) is 5.88 Å². The number of esters is 1. The Balaban J connectivity index is 1.90. The Labute approximate surface area is 141 Å². The van der Waals surface area contributed by atoms with Crippen LogP contribution in [0.3, 0.4) is 0 Å². The van der Waals surface area contributed by atoms with E-state index in [4.69, 9.17) is 9.47 Å². The molecule has 0 saturated carbocycles. The summed E-state index contributed by atoms with van der Waals surface area (Å²) in [5, 5.41) is 10.9. The summed E-state index contributed by atoms with van der Waals surface area (Å²) in [4.78, 5) is 18.6. The molecule has 1 saturated heterocycles. The summed E-state index contributed by atoms with van der Waals surface area (Å²) in [6.07, 6.45) is 0.550. The first-order valence-electron chi connectivity index (χ1n) is 8.05. The second-order valence-corrected chi connectivity index (χ2v) is 6.04. The highest BCUT2D eigenvalue weighted by molar-refractivity contribution is 5.80. The van der Waals surface area contributed by atoms with Crippen LogP contribution in [0.4, 0.5) is 0 Å². The number of pyridine rings is 1. The summed E-state index contributed by atoms with van der Waals surface area (Å²) in [7, 11) is 2.97. The molecule has 0 unspecified atom stereocenters. The minimum atomic E-state index is -0.470. The van der Waals surface area contributed by atoms with Gasteiger partial charge in [-0.3, -0.25) is 9.69 Å². The van der Waals surface area contributed by atoms with Crippen molar-refractivity contribution < 1.29 is 19.4 Å². The van der Waals surface area contributed by atoms with Gasteiger partial charge in [-0.05, 0) is 25.0 Å². The number of nitrogens with zero attached hydrogens (tertiary/aromatic N) is 2. The molecule has 1 aliphatic heterocycles. The summed E-state index contributed by atoms with van der Waals surface area (Å²) in [6.45, 7) is 1.14. The number of hydrogen-bond donors (Lipinski definition) is 1. The molecule has 0 radical (unpaired) electrons. The predicted octanol–water partition coefficient (Wildman–Crippen LogP) is 1.74. The van der Waals surface area contributed by atoms with Gasteiger partial charge in [0.25, 0.3) is 0 Å². The van der Waals surface area contributed by atoms with E-state index in [1.165, 1.54) is 7.11 Å². The third-order valence-electron chi connectivity index (χ3n) is 4.49. The number of aromatic nitrogens is 1. The van der Waals surface area contributed by atoms with Gasteiger partial charge in [-0.1, -0.05) is 18.2 Å². The minimum absolute atomic E-state index is 0.318.